The third-order valence-electron chi connectivity index (χ3n) is 4.47. The van der Waals surface area contributed by atoms with Crippen molar-refractivity contribution < 1.29 is 9.53 Å². The lowest BCUT2D eigenvalue weighted by molar-refractivity contribution is -0.116. The molecule has 3 N–H and O–H groups in total. The molecule has 0 spiro atoms. The van der Waals surface area contributed by atoms with Gasteiger partial charge in [0.15, 0.2) is 0 Å². The molecule has 0 radical (unpaired) electrons. The highest BCUT2D eigenvalue weighted by atomic mass is 16.5. The van der Waals surface area contributed by atoms with Crippen molar-refractivity contribution >= 4 is 17.3 Å². The van der Waals surface area contributed by atoms with E-state index in [0.29, 0.717) is 12.8 Å². The van der Waals surface area contributed by atoms with Gasteiger partial charge in [-0.1, -0.05) is 36.4 Å². The lowest BCUT2D eigenvalue weighted by Crippen LogP contribution is -2.35. The number of benzene rings is 2. The van der Waals surface area contributed by atoms with Gasteiger partial charge in [-0.05, 0) is 29.7 Å². The molecule has 1 aliphatic heterocycles. The molecule has 1 fully saturated rings. The zero-order chi connectivity index (χ0) is 17.5. The molecule has 1 aliphatic rings. The van der Waals surface area contributed by atoms with Gasteiger partial charge in [-0.3, -0.25) is 9.69 Å². The maximum absolute atomic E-state index is 12.4. The summed E-state index contributed by atoms with van der Waals surface area (Å²) in [7, 11) is 0. The largest absolute Gasteiger partial charge is 0.399 e. The number of rotatable bonds is 6. The zero-order valence-electron chi connectivity index (χ0n) is 14.4. The van der Waals surface area contributed by atoms with Gasteiger partial charge in [0.25, 0.3) is 0 Å². The number of carbonyl (C=O) groups excluding carboxylic acids is 1. The minimum Gasteiger partial charge on any atom is -0.399 e. The normalized spacial score (nSPS) is 15.0. The van der Waals surface area contributed by atoms with Crippen molar-refractivity contribution in [3.8, 4) is 0 Å². The van der Waals surface area contributed by atoms with E-state index in [4.69, 9.17) is 10.5 Å². The second kappa shape index (κ2) is 8.65. The summed E-state index contributed by atoms with van der Waals surface area (Å²) in [6.07, 6.45) is 1.06. The fourth-order valence-corrected chi connectivity index (χ4v) is 3.00. The van der Waals surface area contributed by atoms with Crippen LogP contribution in [-0.4, -0.2) is 37.1 Å². The number of nitrogens with one attached hydrogen (secondary N) is 1. The molecule has 0 aromatic heterocycles. The van der Waals surface area contributed by atoms with Gasteiger partial charge in [-0.25, -0.2) is 0 Å². The highest BCUT2D eigenvalue weighted by Crippen LogP contribution is 2.19. The number of ether oxygens (including phenoxy) is 1. The van der Waals surface area contributed by atoms with Crippen LogP contribution in [0.5, 0.6) is 0 Å². The van der Waals surface area contributed by atoms with E-state index in [2.05, 4.69) is 16.3 Å². The van der Waals surface area contributed by atoms with Crippen LogP contribution in [-0.2, 0) is 22.5 Å². The molecule has 1 heterocycles. The molecule has 0 saturated carbocycles. The maximum Gasteiger partial charge on any atom is 0.224 e. The van der Waals surface area contributed by atoms with Crippen LogP contribution in [0.2, 0.25) is 0 Å². The number of nitrogens with zero attached hydrogens (tertiary/aromatic N) is 1. The molecular formula is C20H25N3O2. The number of amides is 1. The molecule has 2 aromatic carbocycles. The first-order valence-electron chi connectivity index (χ1n) is 8.73. The first-order chi connectivity index (χ1) is 12.2. The average Bonchev–Trinajstić information content (AvgIpc) is 2.64. The van der Waals surface area contributed by atoms with Crippen LogP contribution in [0.1, 0.15) is 17.5 Å². The topological polar surface area (TPSA) is 67.6 Å². The van der Waals surface area contributed by atoms with E-state index in [1.165, 1.54) is 0 Å². The summed E-state index contributed by atoms with van der Waals surface area (Å²) in [5.41, 5.74) is 9.72. The molecule has 25 heavy (non-hydrogen) atoms. The van der Waals surface area contributed by atoms with Crippen molar-refractivity contribution in [3.63, 3.8) is 0 Å². The van der Waals surface area contributed by atoms with Crippen LogP contribution in [0.15, 0.2) is 48.5 Å². The summed E-state index contributed by atoms with van der Waals surface area (Å²) in [5.74, 6) is 0.0117. The molecular weight excluding hydrogens is 314 g/mol. The predicted molar refractivity (Wildman–Crippen MR) is 100 cm³/mol. The Kier molecular flexibility index (Phi) is 6.04. The second-order valence-electron chi connectivity index (χ2n) is 6.29. The van der Waals surface area contributed by atoms with Crippen molar-refractivity contribution in [2.45, 2.75) is 19.4 Å². The van der Waals surface area contributed by atoms with E-state index in [0.717, 1.165) is 55.3 Å². The number of hydrogen-bond acceptors (Lipinski definition) is 4. The third-order valence-corrected chi connectivity index (χ3v) is 4.47. The van der Waals surface area contributed by atoms with Crippen molar-refractivity contribution in [2.75, 3.05) is 37.4 Å². The van der Waals surface area contributed by atoms with Gasteiger partial charge in [0, 0.05) is 37.4 Å². The van der Waals surface area contributed by atoms with Crippen LogP contribution in [0.3, 0.4) is 0 Å². The zero-order valence-corrected chi connectivity index (χ0v) is 14.4. The minimum absolute atomic E-state index is 0.0117. The van der Waals surface area contributed by atoms with E-state index in [-0.39, 0.29) is 5.91 Å². The SMILES string of the molecule is Nc1ccccc1CCC(=O)Nc1ccccc1CN1CCOCC1. The molecule has 5 nitrogen and oxygen atoms in total. The Bertz CT molecular complexity index is 712. The van der Waals surface area contributed by atoms with Crippen LogP contribution < -0.4 is 11.1 Å². The molecule has 132 valence electrons. The Balaban J connectivity index is 1.58. The number of morpholine rings is 1. The number of aryl methyl sites for hydroxylation is 1. The van der Waals surface area contributed by atoms with Gasteiger partial charge < -0.3 is 15.8 Å². The maximum atomic E-state index is 12.4. The fourth-order valence-electron chi connectivity index (χ4n) is 3.00. The summed E-state index contributed by atoms with van der Waals surface area (Å²) in [5, 5.41) is 3.05. The Morgan fingerprint density at radius 3 is 2.48 bits per heavy atom. The molecule has 2 aromatic rings. The molecule has 0 atom stereocenters. The summed E-state index contributed by atoms with van der Waals surface area (Å²) in [6, 6.07) is 15.7. The number of nitrogens with two attached hydrogens (primary N) is 1. The number of hydrogen-bond donors (Lipinski definition) is 2. The van der Waals surface area contributed by atoms with Gasteiger partial charge in [0.05, 0.1) is 13.2 Å². The van der Waals surface area contributed by atoms with Crippen LogP contribution >= 0.6 is 0 Å². The summed E-state index contributed by atoms with van der Waals surface area (Å²) < 4.78 is 5.39. The molecule has 0 unspecified atom stereocenters. The lowest BCUT2D eigenvalue weighted by Gasteiger charge is -2.27. The number of carbonyl (C=O) groups is 1. The van der Waals surface area contributed by atoms with Gasteiger partial charge in [0.1, 0.15) is 0 Å². The van der Waals surface area contributed by atoms with Crippen LogP contribution in [0, 0.1) is 0 Å². The Morgan fingerprint density at radius 2 is 1.72 bits per heavy atom. The molecule has 0 aliphatic carbocycles. The second-order valence-corrected chi connectivity index (χ2v) is 6.29. The van der Waals surface area contributed by atoms with Crippen LogP contribution in [0.4, 0.5) is 11.4 Å². The Labute approximate surface area is 148 Å². The van der Waals surface area contributed by atoms with Crippen molar-refractivity contribution in [1.29, 1.82) is 0 Å². The monoisotopic (exact) mass is 339 g/mol. The highest BCUT2D eigenvalue weighted by molar-refractivity contribution is 5.91. The summed E-state index contributed by atoms with van der Waals surface area (Å²) in [6.45, 7) is 4.22. The van der Waals surface area contributed by atoms with Gasteiger partial charge >= 0.3 is 0 Å². The first-order valence-corrected chi connectivity index (χ1v) is 8.73. The van der Waals surface area contributed by atoms with E-state index >= 15 is 0 Å². The number of anilines is 2. The first kappa shape index (κ1) is 17.5. The van der Waals surface area contributed by atoms with Gasteiger partial charge in [-0.2, -0.15) is 0 Å². The van der Waals surface area contributed by atoms with Gasteiger partial charge in [-0.15, -0.1) is 0 Å². The average molecular weight is 339 g/mol. The van der Waals surface area contributed by atoms with Crippen molar-refractivity contribution in [2.24, 2.45) is 0 Å². The third kappa shape index (κ3) is 5.05. The quantitative estimate of drug-likeness (QED) is 0.794. The van der Waals surface area contributed by atoms with Crippen molar-refractivity contribution in [1.82, 2.24) is 4.90 Å². The molecule has 0 bridgehead atoms. The van der Waals surface area contributed by atoms with E-state index < -0.39 is 0 Å². The number of nitrogen functional groups attached to an aromatic ring is 1. The smallest absolute Gasteiger partial charge is 0.224 e. The van der Waals surface area contributed by atoms with Gasteiger partial charge in [0.2, 0.25) is 5.91 Å². The number of para-hydroxylation sites is 2. The predicted octanol–water partition coefficient (Wildman–Crippen LogP) is 2.67. The van der Waals surface area contributed by atoms with Crippen LogP contribution in [0.25, 0.3) is 0 Å². The molecule has 1 amide bonds. The van der Waals surface area contributed by atoms with E-state index in [9.17, 15) is 4.79 Å². The molecule has 5 heteroatoms. The minimum atomic E-state index is 0.0117. The molecule has 3 rings (SSSR count). The molecule has 1 saturated heterocycles. The standard InChI is InChI=1S/C20H25N3O2/c21-18-7-3-1-5-16(18)9-10-20(24)22-19-8-4-2-6-17(19)15-23-11-13-25-14-12-23/h1-8H,9-15,21H2,(H,22,24). The fraction of sp³-hybridized carbons (Fsp3) is 0.350. The highest BCUT2D eigenvalue weighted by Gasteiger charge is 2.14. The summed E-state index contributed by atoms with van der Waals surface area (Å²) in [4.78, 5) is 14.7. The van der Waals surface area contributed by atoms with E-state index in [1.807, 2.05) is 42.5 Å². The summed E-state index contributed by atoms with van der Waals surface area (Å²) >= 11 is 0. The Hall–Kier alpha value is -2.37. The van der Waals surface area contributed by atoms with E-state index in [1.54, 1.807) is 0 Å². The van der Waals surface area contributed by atoms with Crippen molar-refractivity contribution in [3.05, 3.63) is 59.7 Å². The lowest BCUT2D eigenvalue weighted by atomic mass is 10.1. The Morgan fingerprint density at radius 1 is 1.04 bits per heavy atom.